The van der Waals surface area contributed by atoms with Gasteiger partial charge in [-0.2, -0.15) is 0 Å². The van der Waals surface area contributed by atoms with Crippen molar-refractivity contribution in [1.29, 1.82) is 0 Å². The van der Waals surface area contributed by atoms with Crippen LogP contribution in [0.5, 0.6) is 0 Å². The van der Waals surface area contributed by atoms with E-state index < -0.39 is 0 Å². The summed E-state index contributed by atoms with van der Waals surface area (Å²) in [5.41, 5.74) is 1.04. The SMILES string of the molecule is CC(C)COC(C)(C)CC(C)(C)Cc1cn(CNC(C)C)nn1. The number of nitrogens with zero attached hydrogens (tertiary/aromatic N) is 3. The molecule has 0 saturated heterocycles. The fourth-order valence-corrected chi connectivity index (χ4v) is 2.92. The predicted molar refractivity (Wildman–Crippen MR) is 95.3 cm³/mol. The van der Waals surface area contributed by atoms with Gasteiger partial charge in [0.1, 0.15) is 0 Å². The Morgan fingerprint density at radius 3 is 2.39 bits per heavy atom. The average Bonchev–Trinajstić information content (AvgIpc) is 2.79. The Kier molecular flexibility index (Phi) is 7.21. The molecule has 0 spiro atoms. The minimum absolute atomic E-state index is 0.118. The molecule has 1 aromatic heterocycles. The summed E-state index contributed by atoms with van der Waals surface area (Å²) in [6, 6.07) is 0.443. The first-order valence-electron chi connectivity index (χ1n) is 8.75. The molecule has 1 rings (SSSR count). The van der Waals surface area contributed by atoms with Crippen LogP contribution in [-0.4, -0.2) is 33.2 Å². The van der Waals surface area contributed by atoms with Crippen LogP contribution < -0.4 is 5.32 Å². The van der Waals surface area contributed by atoms with Crippen molar-refractivity contribution in [2.75, 3.05) is 6.61 Å². The van der Waals surface area contributed by atoms with Gasteiger partial charge in [0.05, 0.1) is 18.0 Å². The van der Waals surface area contributed by atoms with Gasteiger partial charge in [-0.15, -0.1) is 5.10 Å². The number of hydrogen-bond donors (Lipinski definition) is 1. The third-order valence-corrected chi connectivity index (χ3v) is 3.62. The van der Waals surface area contributed by atoms with Crippen molar-refractivity contribution in [3.63, 3.8) is 0 Å². The van der Waals surface area contributed by atoms with E-state index in [2.05, 4.69) is 71.0 Å². The van der Waals surface area contributed by atoms with Crippen molar-refractivity contribution in [2.45, 2.75) is 86.5 Å². The summed E-state index contributed by atoms with van der Waals surface area (Å²) in [7, 11) is 0. The summed E-state index contributed by atoms with van der Waals surface area (Å²) in [6.45, 7) is 19.0. The molecule has 1 heterocycles. The molecule has 23 heavy (non-hydrogen) atoms. The van der Waals surface area contributed by atoms with E-state index in [1.807, 2.05) is 10.9 Å². The second-order valence-corrected chi connectivity index (χ2v) is 8.75. The van der Waals surface area contributed by atoms with Gasteiger partial charge in [0.25, 0.3) is 0 Å². The lowest BCUT2D eigenvalue weighted by molar-refractivity contribution is -0.0565. The molecule has 0 amide bonds. The molecule has 1 aromatic rings. The van der Waals surface area contributed by atoms with Crippen LogP contribution in [0.1, 0.15) is 67.5 Å². The zero-order valence-corrected chi connectivity index (χ0v) is 16.3. The molecule has 5 heteroatoms. The van der Waals surface area contributed by atoms with E-state index in [9.17, 15) is 0 Å². The molecule has 0 fully saturated rings. The summed E-state index contributed by atoms with van der Waals surface area (Å²) >= 11 is 0. The third-order valence-electron chi connectivity index (χ3n) is 3.62. The van der Waals surface area contributed by atoms with Crippen LogP contribution in [0.4, 0.5) is 0 Å². The molecule has 0 atom stereocenters. The minimum Gasteiger partial charge on any atom is -0.375 e. The summed E-state index contributed by atoms with van der Waals surface area (Å²) < 4.78 is 7.95. The highest BCUT2D eigenvalue weighted by Crippen LogP contribution is 2.33. The van der Waals surface area contributed by atoms with Gasteiger partial charge in [-0.1, -0.05) is 32.9 Å². The third kappa shape index (κ3) is 8.47. The highest BCUT2D eigenvalue weighted by molar-refractivity contribution is 4.98. The Labute approximate surface area is 142 Å². The first-order chi connectivity index (χ1) is 10.5. The number of rotatable bonds is 10. The highest BCUT2D eigenvalue weighted by Gasteiger charge is 2.30. The fourth-order valence-electron chi connectivity index (χ4n) is 2.92. The number of hydrogen-bond acceptors (Lipinski definition) is 4. The Hall–Kier alpha value is -0.940. The molecule has 0 aromatic carbocycles. The fraction of sp³-hybridized carbons (Fsp3) is 0.889. The van der Waals surface area contributed by atoms with Crippen molar-refractivity contribution >= 4 is 0 Å². The van der Waals surface area contributed by atoms with Gasteiger partial charge in [-0.25, -0.2) is 4.68 Å². The maximum atomic E-state index is 6.08. The quantitative estimate of drug-likeness (QED) is 0.714. The van der Waals surface area contributed by atoms with Crippen molar-refractivity contribution in [1.82, 2.24) is 20.3 Å². The van der Waals surface area contributed by atoms with Gasteiger partial charge in [-0.3, -0.25) is 5.32 Å². The number of aromatic nitrogens is 3. The largest absolute Gasteiger partial charge is 0.375 e. The first-order valence-corrected chi connectivity index (χ1v) is 8.75. The molecular formula is C18H36N4O. The summed E-state index contributed by atoms with van der Waals surface area (Å²) in [4.78, 5) is 0. The minimum atomic E-state index is -0.122. The van der Waals surface area contributed by atoms with Crippen LogP contribution in [-0.2, 0) is 17.8 Å². The Balaban J connectivity index is 2.56. The molecule has 0 radical (unpaired) electrons. The standard InChI is InChI=1S/C18H36N4O/c1-14(2)11-23-18(7,8)12-17(5,6)9-16-10-22(21-20-16)13-19-15(3)4/h10,14-15,19H,9,11-13H2,1-8H3. The zero-order chi connectivity index (χ0) is 17.7. The first kappa shape index (κ1) is 20.1. The lowest BCUT2D eigenvalue weighted by Crippen LogP contribution is -2.34. The smallest absolute Gasteiger partial charge is 0.0923 e. The molecule has 0 unspecified atom stereocenters. The van der Waals surface area contributed by atoms with Crippen LogP contribution >= 0.6 is 0 Å². The van der Waals surface area contributed by atoms with Crippen LogP contribution in [0.25, 0.3) is 0 Å². The summed E-state index contributed by atoms with van der Waals surface area (Å²) in [5, 5.41) is 11.9. The van der Waals surface area contributed by atoms with Crippen LogP contribution in [0.3, 0.4) is 0 Å². The summed E-state index contributed by atoms with van der Waals surface area (Å²) in [6.07, 6.45) is 3.94. The van der Waals surface area contributed by atoms with Crippen LogP contribution in [0, 0.1) is 11.3 Å². The second kappa shape index (κ2) is 8.25. The monoisotopic (exact) mass is 324 g/mol. The van der Waals surface area contributed by atoms with Gasteiger partial charge < -0.3 is 4.74 Å². The molecule has 0 aliphatic carbocycles. The predicted octanol–water partition coefficient (Wildman–Crippen LogP) is 3.64. The van der Waals surface area contributed by atoms with E-state index in [4.69, 9.17) is 4.74 Å². The summed E-state index contributed by atoms with van der Waals surface area (Å²) in [5.74, 6) is 0.561. The van der Waals surface area contributed by atoms with E-state index in [1.165, 1.54) is 0 Å². The highest BCUT2D eigenvalue weighted by atomic mass is 16.5. The van der Waals surface area contributed by atoms with E-state index >= 15 is 0 Å². The Bertz CT molecular complexity index is 463. The second-order valence-electron chi connectivity index (χ2n) is 8.75. The van der Waals surface area contributed by atoms with Crippen LogP contribution in [0.15, 0.2) is 6.20 Å². The van der Waals surface area contributed by atoms with Gasteiger partial charge in [0, 0.05) is 18.8 Å². The number of ether oxygens (including phenoxy) is 1. The Morgan fingerprint density at radius 1 is 1.17 bits per heavy atom. The van der Waals surface area contributed by atoms with Gasteiger partial charge in [0.15, 0.2) is 0 Å². The van der Waals surface area contributed by atoms with Crippen molar-refractivity contribution in [3.8, 4) is 0 Å². The molecular weight excluding hydrogens is 288 g/mol. The average molecular weight is 325 g/mol. The molecule has 1 N–H and O–H groups in total. The topological polar surface area (TPSA) is 52.0 Å². The van der Waals surface area contributed by atoms with Crippen LogP contribution in [0.2, 0.25) is 0 Å². The van der Waals surface area contributed by atoms with Crippen molar-refractivity contribution in [3.05, 3.63) is 11.9 Å². The normalized spacial score (nSPS) is 13.3. The van der Waals surface area contributed by atoms with E-state index in [0.29, 0.717) is 18.6 Å². The van der Waals surface area contributed by atoms with E-state index in [0.717, 1.165) is 25.1 Å². The zero-order valence-electron chi connectivity index (χ0n) is 16.3. The number of nitrogens with one attached hydrogen (secondary N) is 1. The molecule has 5 nitrogen and oxygen atoms in total. The van der Waals surface area contributed by atoms with Gasteiger partial charge in [0.2, 0.25) is 0 Å². The lowest BCUT2D eigenvalue weighted by Gasteiger charge is -2.35. The maximum Gasteiger partial charge on any atom is 0.0923 e. The molecule has 134 valence electrons. The van der Waals surface area contributed by atoms with Gasteiger partial charge in [-0.05, 0) is 51.9 Å². The van der Waals surface area contributed by atoms with Crippen molar-refractivity contribution in [2.24, 2.45) is 11.3 Å². The van der Waals surface area contributed by atoms with E-state index in [-0.39, 0.29) is 11.0 Å². The maximum absolute atomic E-state index is 6.08. The molecule has 0 aliphatic heterocycles. The molecule has 0 bridgehead atoms. The Morgan fingerprint density at radius 2 is 1.83 bits per heavy atom. The van der Waals surface area contributed by atoms with Gasteiger partial charge >= 0.3 is 0 Å². The van der Waals surface area contributed by atoms with E-state index in [1.54, 1.807) is 0 Å². The van der Waals surface area contributed by atoms with Crippen molar-refractivity contribution < 1.29 is 4.74 Å². The molecule has 0 saturated carbocycles. The lowest BCUT2D eigenvalue weighted by atomic mass is 9.78. The molecule has 0 aliphatic rings.